The van der Waals surface area contributed by atoms with Crippen molar-refractivity contribution < 1.29 is 10.2 Å². The lowest BCUT2D eigenvalue weighted by atomic mass is 9.66. The van der Waals surface area contributed by atoms with E-state index in [1.807, 2.05) is 42.5 Å². The molecule has 1 fully saturated rings. The van der Waals surface area contributed by atoms with Crippen LogP contribution in [0.2, 0.25) is 0 Å². The van der Waals surface area contributed by atoms with Crippen molar-refractivity contribution in [1.82, 2.24) is 0 Å². The number of hydrogen-bond donors (Lipinski definition) is 2. The predicted octanol–water partition coefficient (Wildman–Crippen LogP) is 5.69. The van der Waals surface area contributed by atoms with E-state index in [1.165, 1.54) is 6.42 Å². The number of benzene rings is 2. The summed E-state index contributed by atoms with van der Waals surface area (Å²) in [7, 11) is 0. The summed E-state index contributed by atoms with van der Waals surface area (Å²) in [6.45, 7) is 6.87. The van der Waals surface area contributed by atoms with Gasteiger partial charge in [-0.15, -0.1) is 0 Å². The molecule has 0 amide bonds. The molecule has 23 heavy (non-hydrogen) atoms. The first-order valence-electron chi connectivity index (χ1n) is 8.47. The molecule has 2 unspecified atom stereocenters. The average Bonchev–Trinajstić information content (AvgIpc) is 2.48. The van der Waals surface area contributed by atoms with Gasteiger partial charge < -0.3 is 10.2 Å². The maximum atomic E-state index is 10.6. The highest BCUT2D eigenvalue weighted by molar-refractivity contribution is 5.74. The van der Waals surface area contributed by atoms with Crippen LogP contribution in [0, 0.1) is 11.3 Å². The zero-order chi connectivity index (χ0) is 16.6. The minimum Gasteiger partial charge on any atom is -0.504 e. The Bertz CT molecular complexity index is 688. The zero-order valence-electron chi connectivity index (χ0n) is 14.2. The lowest BCUT2D eigenvalue weighted by Crippen LogP contribution is -2.26. The minimum absolute atomic E-state index is 0.00438. The molecule has 1 saturated carbocycles. The van der Waals surface area contributed by atoms with Crippen molar-refractivity contribution in [3.63, 3.8) is 0 Å². The van der Waals surface area contributed by atoms with E-state index in [0.717, 1.165) is 24.0 Å². The van der Waals surface area contributed by atoms with E-state index in [0.29, 0.717) is 17.4 Å². The van der Waals surface area contributed by atoms with Crippen LogP contribution in [0.15, 0.2) is 42.5 Å². The maximum Gasteiger partial charge on any atom is 0.165 e. The SMILES string of the molecule is CC1CC(c2ccc(-c3ccccc3)c(O)c2O)CC(C)(C)C1. The van der Waals surface area contributed by atoms with Crippen molar-refractivity contribution in [2.24, 2.45) is 11.3 Å². The second-order valence-corrected chi connectivity index (χ2v) is 7.88. The van der Waals surface area contributed by atoms with E-state index in [9.17, 15) is 10.2 Å². The summed E-state index contributed by atoms with van der Waals surface area (Å²) in [4.78, 5) is 0. The fourth-order valence-corrected chi connectivity index (χ4v) is 4.36. The highest BCUT2D eigenvalue weighted by Crippen LogP contribution is 2.50. The summed E-state index contributed by atoms with van der Waals surface area (Å²) in [6.07, 6.45) is 3.34. The molecule has 1 aliphatic carbocycles. The predicted molar refractivity (Wildman–Crippen MR) is 94.7 cm³/mol. The molecule has 1 aliphatic rings. The maximum absolute atomic E-state index is 10.6. The van der Waals surface area contributed by atoms with Gasteiger partial charge in [0.25, 0.3) is 0 Å². The summed E-state index contributed by atoms with van der Waals surface area (Å²) >= 11 is 0. The van der Waals surface area contributed by atoms with Crippen LogP contribution in [0.5, 0.6) is 11.5 Å². The van der Waals surface area contributed by atoms with Crippen LogP contribution in [0.25, 0.3) is 11.1 Å². The molecule has 0 bridgehead atoms. The Morgan fingerprint density at radius 2 is 1.61 bits per heavy atom. The van der Waals surface area contributed by atoms with E-state index in [-0.39, 0.29) is 16.9 Å². The molecule has 2 N–H and O–H groups in total. The van der Waals surface area contributed by atoms with Gasteiger partial charge in [0.1, 0.15) is 0 Å². The van der Waals surface area contributed by atoms with Crippen molar-refractivity contribution >= 4 is 0 Å². The first kappa shape index (κ1) is 15.9. The Kier molecular flexibility index (Phi) is 4.09. The number of rotatable bonds is 2. The van der Waals surface area contributed by atoms with Crippen LogP contribution in [0.1, 0.15) is 51.5 Å². The van der Waals surface area contributed by atoms with E-state index in [1.54, 1.807) is 0 Å². The standard InChI is InChI=1S/C21H26O2/c1-14-11-16(13-21(2,3)12-14)18-10-9-17(19(22)20(18)23)15-7-5-4-6-8-15/h4-10,14,16,22-23H,11-13H2,1-3H3. The highest BCUT2D eigenvalue weighted by Gasteiger charge is 2.34. The molecule has 0 spiro atoms. The Labute approximate surface area is 138 Å². The second kappa shape index (κ2) is 5.92. The first-order chi connectivity index (χ1) is 10.9. The molecule has 2 nitrogen and oxygen atoms in total. The summed E-state index contributed by atoms with van der Waals surface area (Å²) in [6, 6.07) is 13.6. The quantitative estimate of drug-likeness (QED) is 0.699. The van der Waals surface area contributed by atoms with E-state index in [2.05, 4.69) is 20.8 Å². The average molecular weight is 310 g/mol. The molecule has 0 aliphatic heterocycles. The fourth-order valence-electron chi connectivity index (χ4n) is 4.36. The van der Waals surface area contributed by atoms with Crippen molar-refractivity contribution in [1.29, 1.82) is 0 Å². The van der Waals surface area contributed by atoms with Crippen LogP contribution >= 0.6 is 0 Å². The van der Waals surface area contributed by atoms with Gasteiger partial charge >= 0.3 is 0 Å². The van der Waals surface area contributed by atoms with Gasteiger partial charge in [-0.05, 0) is 42.1 Å². The monoisotopic (exact) mass is 310 g/mol. The summed E-state index contributed by atoms with van der Waals surface area (Å²) < 4.78 is 0. The van der Waals surface area contributed by atoms with E-state index < -0.39 is 0 Å². The molecule has 2 aromatic rings. The fraction of sp³-hybridized carbons (Fsp3) is 0.429. The molecule has 3 rings (SSSR count). The van der Waals surface area contributed by atoms with Crippen molar-refractivity contribution in [3.8, 4) is 22.6 Å². The Morgan fingerprint density at radius 3 is 2.26 bits per heavy atom. The third kappa shape index (κ3) is 3.21. The lowest BCUT2D eigenvalue weighted by Gasteiger charge is -2.39. The molecule has 0 aromatic heterocycles. The van der Waals surface area contributed by atoms with Gasteiger partial charge in [-0.3, -0.25) is 0 Å². The van der Waals surface area contributed by atoms with Crippen molar-refractivity contribution in [3.05, 3.63) is 48.0 Å². The normalized spacial score (nSPS) is 23.6. The Morgan fingerprint density at radius 1 is 0.913 bits per heavy atom. The van der Waals surface area contributed by atoms with Gasteiger partial charge in [-0.25, -0.2) is 0 Å². The molecule has 0 saturated heterocycles. The Balaban J connectivity index is 1.98. The highest BCUT2D eigenvalue weighted by atomic mass is 16.3. The topological polar surface area (TPSA) is 40.5 Å². The molecule has 2 aromatic carbocycles. The van der Waals surface area contributed by atoms with Crippen LogP contribution in [-0.4, -0.2) is 10.2 Å². The summed E-state index contributed by atoms with van der Waals surface area (Å²) in [5, 5.41) is 21.1. The van der Waals surface area contributed by atoms with Crippen LogP contribution in [0.3, 0.4) is 0 Å². The van der Waals surface area contributed by atoms with Crippen molar-refractivity contribution in [2.45, 2.75) is 46.0 Å². The second-order valence-electron chi connectivity index (χ2n) is 7.88. The van der Waals surface area contributed by atoms with Crippen LogP contribution in [-0.2, 0) is 0 Å². The smallest absolute Gasteiger partial charge is 0.165 e. The third-order valence-corrected chi connectivity index (χ3v) is 5.09. The van der Waals surface area contributed by atoms with Gasteiger partial charge in [0, 0.05) is 11.1 Å². The van der Waals surface area contributed by atoms with Gasteiger partial charge in [-0.2, -0.15) is 0 Å². The van der Waals surface area contributed by atoms with Gasteiger partial charge in [0.05, 0.1) is 0 Å². The minimum atomic E-state index is 0.00438. The largest absolute Gasteiger partial charge is 0.504 e. The molecular formula is C21H26O2. The number of hydrogen-bond acceptors (Lipinski definition) is 2. The molecule has 0 heterocycles. The molecule has 122 valence electrons. The third-order valence-electron chi connectivity index (χ3n) is 5.09. The number of phenolic OH excluding ortho intramolecular Hbond substituents is 2. The molecule has 2 heteroatoms. The van der Waals surface area contributed by atoms with Crippen LogP contribution in [0.4, 0.5) is 0 Å². The molecular weight excluding hydrogens is 284 g/mol. The number of aromatic hydroxyl groups is 2. The lowest BCUT2D eigenvalue weighted by molar-refractivity contribution is 0.166. The van der Waals surface area contributed by atoms with Gasteiger partial charge in [-0.1, -0.05) is 63.2 Å². The summed E-state index contributed by atoms with van der Waals surface area (Å²) in [5.74, 6) is 1.01. The van der Waals surface area contributed by atoms with Gasteiger partial charge in [0.15, 0.2) is 11.5 Å². The number of phenols is 2. The molecule has 2 atom stereocenters. The van der Waals surface area contributed by atoms with E-state index in [4.69, 9.17) is 0 Å². The zero-order valence-corrected chi connectivity index (χ0v) is 14.2. The Hall–Kier alpha value is -1.96. The van der Waals surface area contributed by atoms with E-state index >= 15 is 0 Å². The van der Waals surface area contributed by atoms with Crippen LogP contribution < -0.4 is 0 Å². The summed E-state index contributed by atoms with van der Waals surface area (Å²) in [5.41, 5.74) is 2.78. The first-order valence-corrected chi connectivity index (χ1v) is 8.47. The van der Waals surface area contributed by atoms with Gasteiger partial charge in [0.2, 0.25) is 0 Å². The van der Waals surface area contributed by atoms with Crippen molar-refractivity contribution in [2.75, 3.05) is 0 Å². The molecule has 0 radical (unpaired) electrons.